The molecule has 0 amide bonds. The van der Waals surface area contributed by atoms with Crippen LogP contribution in [-0.4, -0.2) is 56.7 Å². The first kappa shape index (κ1) is 20.7. The molecule has 0 bridgehead atoms. The van der Waals surface area contributed by atoms with Gasteiger partial charge in [-0.3, -0.25) is 0 Å². The third kappa shape index (κ3) is 3.79. The Bertz CT molecular complexity index is 959. The van der Waals surface area contributed by atoms with Crippen LogP contribution >= 0.6 is 0 Å². The molecule has 0 radical (unpaired) electrons. The van der Waals surface area contributed by atoms with Crippen molar-refractivity contribution < 1.29 is 32.9 Å². The van der Waals surface area contributed by atoms with E-state index >= 15 is 0 Å². The van der Waals surface area contributed by atoms with E-state index in [2.05, 4.69) is 14.8 Å². The number of alkyl halides is 2. The lowest BCUT2D eigenvalue weighted by Gasteiger charge is -2.24. The van der Waals surface area contributed by atoms with Gasteiger partial charge in [-0.15, -0.1) is 0 Å². The van der Waals surface area contributed by atoms with E-state index in [0.29, 0.717) is 11.2 Å². The number of carbonyl (C=O) groups excluding carboxylic acids is 1. The summed E-state index contributed by atoms with van der Waals surface area (Å²) in [6.07, 6.45) is -5.42. The quantitative estimate of drug-likeness (QED) is 0.697. The largest absolute Gasteiger partial charge is 0.509 e. The van der Waals surface area contributed by atoms with Gasteiger partial charge in [-0.2, -0.15) is 10.4 Å². The average molecular weight is 411 g/mol. The van der Waals surface area contributed by atoms with E-state index in [1.54, 1.807) is 12.1 Å². The Hall–Kier alpha value is -3.04. The summed E-state index contributed by atoms with van der Waals surface area (Å²) in [6, 6.07) is 5.19. The molecule has 1 aliphatic heterocycles. The highest BCUT2D eigenvalue weighted by Gasteiger charge is 2.50. The molecule has 1 aliphatic rings. The summed E-state index contributed by atoms with van der Waals surface area (Å²) in [5.74, 6) is 0.196. The van der Waals surface area contributed by atoms with Crippen molar-refractivity contribution >= 4 is 17.5 Å². The number of nitriles is 1. The fraction of sp³-hybridized carbons (Fsp3) is 0.529. The van der Waals surface area contributed by atoms with Crippen LogP contribution in [0.1, 0.15) is 26.0 Å². The van der Waals surface area contributed by atoms with Crippen LogP contribution < -0.4 is 5.73 Å². The van der Waals surface area contributed by atoms with Crippen LogP contribution in [-0.2, 0) is 19.8 Å². The standard InChI is InChI=1S/C17H19F2N5O5/c1-16(2,14(18)19)29-15(26)27-6-11-10(25)5-17(7-20,28-11)12-4-3-9-13(21)22-8-23-24(9)12/h3-4,8,10-11,14,25H,5-6H2,1-2H3,(H2,21,22,23)/t10-,11+,17-/m0/s1. The van der Waals surface area contributed by atoms with Crippen molar-refractivity contribution in [2.24, 2.45) is 0 Å². The Kier molecular flexibility index (Phi) is 5.29. The van der Waals surface area contributed by atoms with Crippen molar-refractivity contribution in [1.82, 2.24) is 14.6 Å². The van der Waals surface area contributed by atoms with Gasteiger partial charge in [0.2, 0.25) is 0 Å². The van der Waals surface area contributed by atoms with Crippen LogP contribution in [0.25, 0.3) is 5.52 Å². The lowest BCUT2D eigenvalue weighted by atomic mass is 9.96. The monoisotopic (exact) mass is 411 g/mol. The number of halogens is 2. The lowest BCUT2D eigenvalue weighted by Crippen LogP contribution is -2.37. The van der Waals surface area contributed by atoms with Crippen LogP contribution in [0.5, 0.6) is 0 Å². The van der Waals surface area contributed by atoms with E-state index in [-0.39, 0.29) is 12.2 Å². The predicted molar refractivity (Wildman–Crippen MR) is 92.7 cm³/mol. The minimum atomic E-state index is -2.91. The molecule has 29 heavy (non-hydrogen) atoms. The van der Waals surface area contributed by atoms with Crippen LogP contribution in [0, 0.1) is 11.3 Å². The number of hydrogen-bond acceptors (Lipinski definition) is 9. The minimum absolute atomic E-state index is 0.134. The van der Waals surface area contributed by atoms with Crippen molar-refractivity contribution in [1.29, 1.82) is 5.26 Å². The van der Waals surface area contributed by atoms with Crippen LogP contribution in [0.3, 0.4) is 0 Å². The van der Waals surface area contributed by atoms with Gasteiger partial charge in [-0.1, -0.05) is 0 Å². The molecule has 3 heterocycles. The van der Waals surface area contributed by atoms with Gasteiger partial charge in [0.05, 0.1) is 11.8 Å². The molecule has 0 spiro atoms. The molecule has 3 atom stereocenters. The van der Waals surface area contributed by atoms with E-state index < -0.39 is 42.6 Å². The van der Waals surface area contributed by atoms with Gasteiger partial charge < -0.3 is 25.1 Å². The molecule has 3 rings (SSSR count). The van der Waals surface area contributed by atoms with E-state index in [1.165, 1.54) is 10.8 Å². The number of aliphatic hydroxyl groups is 1. The summed E-state index contributed by atoms with van der Waals surface area (Å²) in [5, 5.41) is 24.1. The number of aliphatic hydroxyl groups excluding tert-OH is 1. The molecule has 156 valence electrons. The fourth-order valence-electron chi connectivity index (χ4n) is 2.95. The first-order valence-electron chi connectivity index (χ1n) is 8.59. The summed E-state index contributed by atoms with van der Waals surface area (Å²) in [6.45, 7) is 1.57. The summed E-state index contributed by atoms with van der Waals surface area (Å²) in [7, 11) is 0. The van der Waals surface area contributed by atoms with Gasteiger partial charge in [0.1, 0.15) is 30.6 Å². The number of nitrogen functional groups attached to an aromatic ring is 1. The van der Waals surface area contributed by atoms with Gasteiger partial charge in [0, 0.05) is 6.42 Å². The molecule has 12 heteroatoms. The topological polar surface area (TPSA) is 145 Å². The second-order valence-corrected chi connectivity index (χ2v) is 7.09. The molecule has 1 fully saturated rings. The number of carbonyl (C=O) groups is 1. The first-order valence-corrected chi connectivity index (χ1v) is 8.59. The normalized spacial score (nSPS) is 24.6. The highest BCUT2D eigenvalue weighted by atomic mass is 19.3. The third-order valence-electron chi connectivity index (χ3n) is 4.59. The molecule has 0 saturated carbocycles. The van der Waals surface area contributed by atoms with Gasteiger partial charge in [-0.05, 0) is 26.0 Å². The molecule has 3 N–H and O–H groups in total. The van der Waals surface area contributed by atoms with E-state index in [9.17, 15) is 23.9 Å². The van der Waals surface area contributed by atoms with E-state index in [4.69, 9.17) is 15.2 Å². The van der Waals surface area contributed by atoms with Crippen molar-refractivity contribution in [2.75, 3.05) is 12.3 Å². The molecule has 0 aliphatic carbocycles. The van der Waals surface area contributed by atoms with Crippen LogP contribution in [0.4, 0.5) is 19.4 Å². The number of hydrogen-bond donors (Lipinski definition) is 2. The summed E-state index contributed by atoms with van der Waals surface area (Å²) in [4.78, 5) is 15.5. The minimum Gasteiger partial charge on any atom is -0.431 e. The maximum absolute atomic E-state index is 12.8. The lowest BCUT2D eigenvalue weighted by molar-refractivity contribution is -0.112. The van der Waals surface area contributed by atoms with E-state index in [1.807, 2.05) is 6.07 Å². The molecule has 2 aromatic heterocycles. The van der Waals surface area contributed by atoms with Crippen LogP contribution in [0.2, 0.25) is 0 Å². The van der Waals surface area contributed by atoms with Crippen molar-refractivity contribution in [3.63, 3.8) is 0 Å². The van der Waals surface area contributed by atoms with Gasteiger partial charge >= 0.3 is 6.16 Å². The molecular formula is C17H19F2N5O5. The zero-order valence-corrected chi connectivity index (χ0v) is 15.6. The molecule has 10 nitrogen and oxygen atoms in total. The van der Waals surface area contributed by atoms with E-state index in [0.717, 1.165) is 13.8 Å². The maximum atomic E-state index is 12.8. The van der Waals surface area contributed by atoms with Crippen molar-refractivity contribution in [2.45, 2.75) is 50.1 Å². The molecule has 0 unspecified atom stereocenters. The first-order chi connectivity index (χ1) is 13.6. The Morgan fingerprint density at radius 3 is 2.97 bits per heavy atom. The summed E-state index contributed by atoms with van der Waals surface area (Å²) < 4.78 is 42.0. The maximum Gasteiger partial charge on any atom is 0.509 e. The zero-order valence-electron chi connectivity index (χ0n) is 15.6. The van der Waals surface area contributed by atoms with Crippen LogP contribution in [0.15, 0.2) is 18.5 Å². The number of aromatic nitrogens is 3. The number of rotatable bonds is 5. The van der Waals surface area contributed by atoms with Gasteiger partial charge in [-0.25, -0.2) is 23.1 Å². The highest BCUT2D eigenvalue weighted by molar-refractivity contribution is 5.66. The smallest absolute Gasteiger partial charge is 0.431 e. The van der Waals surface area contributed by atoms with Crippen molar-refractivity contribution in [3.8, 4) is 6.07 Å². The second kappa shape index (κ2) is 7.41. The second-order valence-electron chi connectivity index (χ2n) is 7.09. The number of anilines is 1. The zero-order chi connectivity index (χ0) is 21.4. The summed E-state index contributed by atoms with van der Waals surface area (Å²) in [5.41, 5.74) is 2.93. The molecule has 2 aromatic rings. The number of nitrogens with two attached hydrogens (primary N) is 1. The molecule has 0 aromatic carbocycles. The number of nitrogens with zero attached hydrogens (tertiary/aromatic N) is 4. The summed E-state index contributed by atoms with van der Waals surface area (Å²) >= 11 is 0. The van der Waals surface area contributed by atoms with Gasteiger partial charge in [0.25, 0.3) is 6.43 Å². The predicted octanol–water partition coefficient (Wildman–Crippen LogP) is 1.38. The molecule has 1 saturated heterocycles. The Morgan fingerprint density at radius 1 is 1.59 bits per heavy atom. The Balaban J connectivity index is 1.74. The molecular weight excluding hydrogens is 392 g/mol. The van der Waals surface area contributed by atoms with Gasteiger partial charge in [0.15, 0.2) is 17.0 Å². The SMILES string of the molecule is CC(C)(OC(=O)OC[C@H]1O[C@@](C#N)(c2ccc3c(N)ncnn23)C[C@@H]1O)C(F)F. The highest BCUT2D eigenvalue weighted by Crippen LogP contribution is 2.40. The third-order valence-corrected chi connectivity index (χ3v) is 4.59. The average Bonchev–Trinajstić information content (AvgIpc) is 3.22. The fourth-order valence-corrected chi connectivity index (χ4v) is 2.95. The number of fused-ring (bicyclic) bond motifs is 1. The Morgan fingerprint density at radius 2 is 2.31 bits per heavy atom. The van der Waals surface area contributed by atoms with Crippen molar-refractivity contribution in [3.05, 3.63) is 24.2 Å². The number of ether oxygens (including phenoxy) is 3. The Labute approximate surface area is 163 Å².